The minimum atomic E-state index is 0.625. The van der Waals surface area contributed by atoms with Gasteiger partial charge in [0.2, 0.25) is 0 Å². The van der Waals surface area contributed by atoms with E-state index in [0.29, 0.717) is 5.65 Å². The largest absolute Gasteiger partial charge is 0.363 e. The highest BCUT2D eigenvalue weighted by Crippen LogP contribution is 1.97. The second kappa shape index (κ2) is 1.79. The van der Waals surface area contributed by atoms with Crippen LogP contribution in [0.1, 0.15) is 0 Å². The van der Waals surface area contributed by atoms with E-state index in [1.807, 2.05) is 0 Å². The lowest BCUT2D eigenvalue weighted by molar-refractivity contribution is -0.675. The average molecular weight is 160 g/mol. The standard InChI is InChI=1S/C6H4N6/c1-2-9-6-5(8-1)10-12-4-7-3-11(6)12/h1-4H. The van der Waals surface area contributed by atoms with Crippen molar-refractivity contribution < 1.29 is 4.63 Å². The first-order chi connectivity index (χ1) is 5.95. The molecule has 6 nitrogen and oxygen atoms in total. The van der Waals surface area contributed by atoms with Crippen molar-refractivity contribution in [2.24, 2.45) is 0 Å². The Morgan fingerprint density at radius 1 is 1.33 bits per heavy atom. The van der Waals surface area contributed by atoms with Gasteiger partial charge >= 0.3 is 6.33 Å². The molecule has 6 heteroatoms. The van der Waals surface area contributed by atoms with E-state index in [-0.39, 0.29) is 0 Å². The minimum Gasteiger partial charge on any atom is -0.363 e. The van der Waals surface area contributed by atoms with E-state index < -0.39 is 0 Å². The Morgan fingerprint density at radius 3 is 3.25 bits per heavy atom. The molecule has 3 aromatic heterocycles. The summed E-state index contributed by atoms with van der Waals surface area (Å²) in [5, 5.41) is 4.12. The molecule has 0 N–H and O–H groups in total. The van der Waals surface area contributed by atoms with E-state index >= 15 is 0 Å². The molecular weight excluding hydrogens is 156 g/mol. The summed E-state index contributed by atoms with van der Waals surface area (Å²) in [5.74, 6) is 0. The van der Waals surface area contributed by atoms with Gasteiger partial charge in [0.25, 0.3) is 0 Å². The van der Waals surface area contributed by atoms with Crippen molar-refractivity contribution in [1.29, 1.82) is 0 Å². The number of fused-ring (bicyclic) bond motifs is 3. The Morgan fingerprint density at radius 2 is 2.25 bits per heavy atom. The molecule has 58 valence electrons. The fourth-order valence-corrected chi connectivity index (χ4v) is 1.14. The Labute approximate surface area is 66.5 Å². The topological polar surface area (TPSA) is 61.3 Å². The van der Waals surface area contributed by atoms with Gasteiger partial charge in [0.1, 0.15) is 5.65 Å². The Balaban J connectivity index is 2.68. The summed E-state index contributed by atoms with van der Waals surface area (Å²) in [5.41, 5.74) is 1.34. The molecule has 3 aromatic rings. The molecular formula is C6H4N6. The molecule has 0 saturated carbocycles. The normalized spacial score (nSPS) is 11.3. The number of hydrogen-bond donors (Lipinski definition) is 0. The summed E-state index contributed by atoms with van der Waals surface area (Å²) in [6, 6.07) is 0. The van der Waals surface area contributed by atoms with E-state index in [1.165, 1.54) is 0 Å². The first-order valence-electron chi connectivity index (χ1n) is 3.43. The second-order valence-corrected chi connectivity index (χ2v) is 2.35. The average Bonchev–Trinajstić information content (AvgIpc) is 2.62. The van der Waals surface area contributed by atoms with E-state index in [1.54, 1.807) is 34.2 Å². The Hall–Kier alpha value is -1.98. The van der Waals surface area contributed by atoms with Crippen molar-refractivity contribution in [3.63, 3.8) is 0 Å². The molecule has 0 bridgehead atoms. The lowest BCUT2D eigenvalue weighted by atomic mass is 10.7. The third-order valence-corrected chi connectivity index (χ3v) is 1.64. The molecule has 3 heterocycles. The molecule has 0 aromatic carbocycles. The smallest absolute Gasteiger partial charge is 0.308 e. The van der Waals surface area contributed by atoms with Crippen LogP contribution in [0.4, 0.5) is 0 Å². The summed E-state index contributed by atoms with van der Waals surface area (Å²) in [4.78, 5) is 12.1. The SMILES string of the molecule is c1cnc2c(n1)[n-][n+]1cncn21. The van der Waals surface area contributed by atoms with Crippen molar-refractivity contribution in [2.75, 3.05) is 0 Å². The maximum absolute atomic E-state index is 4.12. The van der Waals surface area contributed by atoms with Gasteiger partial charge in [-0.05, 0) is 11.2 Å². The highest BCUT2D eigenvalue weighted by atomic mass is 15.5. The molecule has 0 amide bonds. The third-order valence-electron chi connectivity index (χ3n) is 1.64. The Bertz CT molecular complexity index is 534. The summed E-state index contributed by atoms with van der Waals surface area (Å²) in [6.07, 6.45) is 6.49. The van der Waals surface area contributed by atoms with Gasteiger partial charge in [-0.3, -0.25) is 0 Å². The second-order valence-electron chi connectivity index (χ2n) is 2.35. The Kier molecular flexibility index (Phi) is 0.840. The molecule has 0 fully saturated rings. The third kappa shape index (κ3) is 0.541. The van der Waals surface area contributed by atoms with Crippen LogP contribution in [0.2, 0.25) is 0 Å². The number of rotatable bonds is 0. The van der Waals surface area contributed by atoms with Gasteiger partial charge in [0.15, 0.2) is 6.33 Å². The van der Waals surface area contributed by atoms with Crippen LogP contribution < -0.4 is 9.73 Å². The molecule has 0 saturated heterocycles. The van der Waals surface area contributed by atoms with Crippen LogP contribution in [-0.2, 0) is 0 Å². The van der Waals surface area contributed by atoms with Gasteiger partial charge < -0.3 is 4.98 Å². The zero-order chi connectivity index (χ0) is 7.97. The van der Waals surface area contributed by atoms with E-state index in [0.717, 1.165) is 5.65 Å². The zero-order valence-corrected chi connectivity index (χ0v) is 5.99. The van der Waals surface area contributed by atoms with Crippen LogP contribution in [-0.4, -0.2) is 19.5 Å². The van der Waals surface area contributed by atoms with Crippen molar-refractivity contribution in [1.82, 2.24) is 24.6 Å². The van der Waals surface area contributed by atoms with Crippen molar-refractivity contribution in [2.45, 2.75) is 0 Å². The van der Waals surface area contributed by atoms with Gasteiger partial charge in [-0.2, -0.15) is 9.61 Å². The van der Waals surface area contributed by atoms with Crippen LogP contribution >= 0.6 is 0 Å². The molecule has 0 unspecified atom stereocenters. The minimum absolute atomic E-state index is 0.625. The van der Waals surface area contributed by atoms with Gasteiger partial charge in [-0.15, -0.1) is 4.63 Å². The molecule has 0 aliphatic carbocycles. The summed E-state index contributed by atoms with van der Waals surface area (Å²) < 4.78 is 3.31. The maximum atomic E-state index is 4.12. The summed E-state index contributed by atoms with van der Waals surface area (Å²) in [6.45, 7) is 0. The van der Waals surface area contributed by atoms with Gasteiger partial charge in [-0.25, -0.2) is 4.98 Å². The molecule has 3 rings (SSSR count). The lowest BCUT2D eigenvalue weighted by Crippen LogP contribution is -2.28. The molecule has 0 spiro atoms. The molecule has 0 radical (unpaired) electrons. The van der Waals surface area contributed by atoms with Gasteiger partial charge in [0.05, 0.1) is 5.65 Å². The predicted octanol–water partition coefficient (Wildman–Crippen LogP) is -1.18. The van der Waals surface area contributed by atoms with Crippen LogP contribution in [0, 0.1) is 0 Å². The van der Waals surface area contributed by atoms with Gasteiger partial charge in [-0.1, -0.05) is 0 Å². The van der Waals surface area contributed by atoms with E-state index in [9.17, 15) is 0 Å². The van der Waals surface area contributed by atoms with E-state index in [4.69, 9.17) is 0 Å². The predicted molar refractivity (Wildman–Crippen MR) is 37.3 cm³/mol. The highest BCUT2D eigenvalue weighted by Gasteiger charge is 2.01. The molecule has 0 atom stereocenters. The first-order valence-corrected chi connectivity index (χ1v) is 3.43. The fraction of sp³-hybridized carbons (Fsp3) is 0. The van der Waals surface area contributed by atoms with Crippen molar-refractivity contribution in [3.05, 3.63) is 25.0 Å². The monoisotopic (exact) mass is 160 g/mol. The van der Waals surface area contributed by atoms with Crippen LogP contribution in [0.5, 0.6) is 0 Å². The van der Waals surface area contributed by atoms with Crippen molar-refractivity contribution >= 4 is 11.3 Å². The highest BCUT2D eigenvalue weighted by molar-refractivity contribution is 5.61. The van der Waals surface area contributed by atoms with E-state index in [2.05, 4.69) is 20.1 Å². The van der Waals surface area contributed by atoms with Gasteiger partial charge in [0, 0.05) is 6.20 Å². The number of nitrogens with zero attached hydrogens (tertiary/aromatic N) is 6. The van der Waals surface area contributed by atoms with Crippen LogP contribution in [0.25, 0.3) is 11.3 Å². The summed E-state index contributed by atoms with van der Waals surface area (Å²) >= 11 is 0. The molecule has 12 heavy (non-hydrogen) atoms. The molecule has 0 aliphatic rings. The number of aromatic nitrogens is 6. The first kappa shape index (κ1) is 5.64. The zero-order valence-electron chi connectivity index (χ0n) is 5.99. The van der Waals surface area contributed by atoms with Crippen LogP contribution in [0.15, 0.2) is 25.0 Å². The van der Waals surface area contributed by atoms with Crippen LogP contribution in [0.3, 0.4) is 0 Å². The lowest BCUT2D eigenvalue weighted by Gasteiger charge is -1.88. The fourth-order valence-electron chi connectivity index (χ4n) is 1.14. The quantitative estimate of drug-likeness (QED) is 0.388. The van der Waals surface area contributed by atoms with Crippen molar-refractivity contribution in [3.8, 4) is 0 Å². The summed E-state index contributed by atoms with van der Waals surface area (Å²) in [7, 11) is 0. The molecule has 0 aliphatic heterocycles. The number of hydrogen-bond acceptors (Lipinski definition) is 3. The maximum Gasteiger partial charge on any atom is 0.308 e.